The molecule has 0 saturated heterocycles. The molecule has 2 rings (SSSR count). The van der Waals surface area contributed by atoms with Crippen LogP contribution < -0.4 is 11.3 Å². The fourth-order valence-corrected chi connectivity index (χ4v) is 1.09. The van der Waals surface area contributed by atoms with Crippen LogP contribution in [0, 0.1) is 5.82 Å². The number of halogens is 1. The monoisotopic (exact) mass is 166 g/mol. The van der Waals surface area contributed by atoms with Crippen LogP contribution in [0.15, 0.2) is 28.7 Å². The van der Waals surface area contributed by atoms with E-state index < -0.39 is 0 Å². The fraction of sp³-hybridized carbons (Fsp3) is 0. The summed E-state index contributed by atoms with van der Waals surface area (Å²) in [4.78, 5) is 0. The van der Waals surface area contributed by atoms with Crippen LogP contribution in [0.25, 0.3) is 11.0 Å². The predicted octanol–water partition coefficient (Wildman–Crippen LogP) is 1.86. The minimum absolute atomic E-state index is 0.285. The Bertz CT molecular complexity index is 410. The lowest BCUT2D eigenvalue weighted by molar-refractivity contribution is 0.618. The van der Waals surface area contributed by atoms with Gasteiger partial charge < -0.3 is 4.42 Å². The zero-order chi connectivity index (χ0) is 8.55. The van der Waals surface area contributed by atoms with Gasteiger partial charge in [-0.2, -0.15) is 0 Å². The third-order valence-electron chi connectivity index (χ3n) is 1.62. The van der Waals surface area contributed by atoms with Gasteiger partial charge in [0.1, 0.15) is 11.4 Å². The van der Waals surface area contributed by atoms with E-state index in [0.717, 1.165) is 0 Å². The number of furan rings is 1. The van der Waals surface area contributed by atoms with Crippen molar-refractivity contribution in [2.24, 2.45) is 5.84 Å². The van der Waals surface area contributed by atoms with E-state index in [4.69, 9.17) is 10.3 Å². The van der Waals surface area contributed by atoms with Crippen LogP contribution in [-0.2, 0) is 0 Å². The van der Waals surface area contributed by atoms with Gasteiger partial charge in [-0.15, -0.1) is 0 Å². The minimum atomic E-state index is -0.285. The molecule has 1 heterocycles. The van der Waals surface area contributed by atoms with Gasteiger partial charge in [-0.25, -0.2) is 10.2 Å². The number of hydrazine groups is 1. The van der Waals surface area contributed by atoms with Gasteiger partial charge in [0, 0.05) is 11.5 Å². The topological polar surface area (TPSA) is 51.2 Å². The lowest BCUT2D eigenvalue weighted by Gasteiger charge is -1.88. The number of anilines is 1. The van der Waals surface area contributed by atoms with Crippen molar-refractivity contribution in [2.45, 2.75) is 0 Å². The quantitative estimate of drug-likeness (QED) is 0.502. The van der Waals surface area contributed by atoms with E-state index >= 15 is 0 Å². The van der Waals surface area contributed by atoms with Crippen molar-refractivity contribution in [3.63, 3.8) is 0 Å². The molecule has 0 radical (unpaired) electrons. The number of nitrogens with two attached hydrogens (primary N) is 1. The highest BCUT2D eigenvalue weighted by Gasteiger charge is 2.02. The summed E-state index contributed by atoms with van der Waals surface area (Å²) >= 11 is 0. The van der Waals surface area contributed by atoms with Crippen molar-refractivity contribution in [1.82, 2.24) is 0 Å². The van der Waals surface area contributed by atoms with Gasteiger partial charge in [0.25, 0.3) is 0 Å². The second-order valence-corrected chi connectivity index (χ2v) is 2.44. The van der Waals surface area contributed by atoms with Crippen molar-refractivity contribution < 1.29 is 8.81 Å². The van der Waals surface area contributed by atoms with Crippen molar-refractivity contribution in [3.05, 3.63) is 30.1 Å². The second-order valence-electron chi connectivity index (χ2n) is 2.44. The Morgan fingerprint density at radius 3 is 2.92 bits per heavy atom. The molecule has 0 spiro atoms. The Morgan fingerprint density at radius 1 is 1.33 bits per heavy atom. The Kier molecular flexibility index (Phi) is 1.48. The Balaban J connectivity index is 2.67. The zero-order valence-electron chi connectivity index (χ0n) is 6.17. The Hall–Kier alpha value is -1.55. The molecule has 2 aromatic rings. The highest BCUT2D eigenvalue weighted by molar-refractivity contribution is 5.80. The summed E-state index contributed by atoms with van der Waals surface area (Å²) in [6.45, 7) is 0. The summed E-state index contributed by atoms with van der Waals surface area (Å²) in [5.74, 6) is 5.26. The van der Waals surface area contributed by atoms with Gasteiger partial charge in [0.05, 0.1) is 0 Å². The summed E-state index contributed by atoms with van der Waals surface area (Å²) in [6.07, 6.45) is 0. The molecule has 3 N–H and O–H groups in total. The first-order chi connectivity index (χ1) is 5.79. The number of rotatable bonds is 1. The first-order valence-corrected chi connectivity index (χ1v) is 3.45. The third kappa shape index (κ3) is 1.02. The molecule has 0 atom stereocenters. The summed E-state index contributed by atoms with van der Waals surface area (Å²) < 4.78 is 17.8. The number of hydrogen-bond donors (Lipinski definition) is 2. The van der Waals surface area contributed by atoms with E-state index in [0.29, 0.717) is 16.9 Å². The van der Waals surface area contributed by atoms with Crippen LogP contribution >= 0.6 is 0 Å². The largest absolute Gasteiger partial charge is 0.439 e. The first kappa shape index (κ1) is 7.12. The highest BCUT2D eigenvalue weighted by atomic mass is 19.1. The molecule has 0 bridgehead atoms. The molecule has 0 aliphatic heterocycles. The van der Waals surface area contributed by atoms with E-state index in [-0.39, 0.29) is 5.82 Å². The van der Waals surface area contributed by atoms with Gasteiger partial charge in [0.2, 0.25) is 5.88 Å². The van der Waals surface area contributed by atoms with Crippen molar-refractivity contribution in [2.75, 3.05) is 5.43 Å². The smallest absolute Gasteiger partial charge is 0.208 e. The summed E-state index contributed by atoms with van der Waals surface area (Å²) in [6, 6.07) is 5.93. The molecule has 0 aliphatic rings. The third-order valence-corrected chi connectivity index (χ3v) is 1.62. The van der Waals surface area contributed by atoms with Gasteiger partial charge >= 0.3 is 0 Å². The predicted molar refractivity (Wildman–Crippen MR) is 44.0 cm³/mol. The Morgan fingerprint density at radius 2 is 2.17 bits per heavy atom. The highest BCUT2D eigenvalue weighted by Crippen LogP contribution is 2.22. The maximum absolute atomic E-state index is 12.7. The van der Waals surface area contributed by atoms with Crippen molar-refractivity contribution >= 4 is 16.9 Å². The van der Waals surface area contributed by atoms with Gasteiger partial charge in [-0.3, -0.25) is 5.43 Å². The maximum atomic E-state index is 12.7. The Labute approximate surface area is 67.9 Å². The molecular formula is C8H7FN2O. The molecule has 1 aromatic carbocycles. The SMILES string of the molecule is NNc1cc2cc(F)ccc2o1. The van der Waals surface area contributed by atoms with E-state index in [1.165, 1.54) is 12.1 Å². The standard InChI is InChI=1S/C8H7FN2O/c9-6-1-2-7-5(3-6)4-8(11-10)12-7/h1-4,11H,10H2. The van der Waals surface area contributed by atoms with E-state index in [1.807, 2.05) is 0 Å². The lowest BCUT2D eigenvalue weighted by atomic mass is 10.2. The van der Waals surface area contributed by atoms with Gasteiger partial charge in [0.15, 0.2) is 0 Å². The summed E-state index contributed by atoms with van der Waals surface area (Å²) in [5, 5.41) is 0.697. The molecule has 0 amide bonds. The number of benzene rings is 1. The molecule has 12 heavy (non-hydrogen) atoms. The maximum Gasteiger partial charge on any atom is 0.208 e. The molecule has 0 saturated carbocycles. The number of nitrogen functional groups attached to an aromatic ring is 1. The van der Waals surface area contributed by atoms with Crippen LogP contribution in [0.5, 0.6) is 0 Å². The van der Waals surface area contributed by atoms with Crippen LogP contribution in [-0.4, -0.2) is 0 Å². The normalized spacial score (nSPS) is 10.5. The average Bonchev–Trinajstić information content (AvgIpc) is 2.46. The van der Waals surface area contributed by atoms with Gasteiger partial charge in [-0.1, -0.05) is 0 Å². The van der Waals surface area contributed by atoms with E-state index in [1.54, 1.807) is 12.1 Å². The van der Waals surface area contributed by atoms with E-state index in [2.05, 4.69) is 5.43 Å². The van der Waals surface area contributed by atoms with Gasteiger partial charge in [-0.05, 0) is 18.2 Å². The molecule has 62 valence electrons. The van der Waals surface area contributed by atoms with Crippen LogP contribution in [0.3, 0.4) is 0 Å². The van der Waals surface area contributed by atoms with Crippen LogP contribution in [0.2, 0.25) is 0 Å². The zero-order valence-corrected chi connectivity index (χ0v) is 6.17. The molecule has 0 unspecified atom stereocenters. The second kappa shape index (κ2) is 2.49. The molecule has 3 nitrogen and oxygen atoms in total. The average molecular weight is 166 g/mol. The molecule has 0 fully saturated rings. The molecule has 1 aromatic heterocycles. The molecular weight excluding hydrogens is 159 g/mol. The molecule has 4 heteroatoms. The fourth-order valence-electron chi connectivity index (χ4n) is 1.09. The van der Waals surface area contributed by atoms with Crippen LogP contribution in [0.1, 0.15) is 0 Å². The number of fused-ring (bicyclic) bond motifs is 1. The number of hydrogen-bond acceptors (Lipinski definition) is 3. The number of nitrogens with one attached hydrogen (secondary N) is 1. The lowest BCUT2D eigenvalue weighted by Crippen LogP contribution is -2.04. The van der Waals surface area contributed by atoms with Crippen molar-refractivity contribution in [3.8, 4) is 0 Å². The van der Waals surface area contributed by atoms with E-state index in [9.17, 15) is 4.39 Å². The van der Waals surface area contributed by atoms with Crippen LogP contribution in [0.4, 0.5) is 10.3 Å². The molecule has 0 aliphatic carbocycles. The van der Waals surface area contributed by atoms with Crippen molar-refractivity contribution in [1.29, 1.82) is 0 Å². The summed E-state index contributed by atoms with van der Waals surface area (Å²) in [5.41, 5.74) is 2.96. The minimum Gasteiger partial charge on any atom is -0.439 e. The summed E-state index contributed by atoms with van der Waals surface area (Å²) in [7, 11) is 0. The first-order valence-electron chi connectivity index (χ1n) is 3.45.